The number of nitrogens with one attached hydrogen (secondary N) is 2. The first kappa shape index (κ1) is 20.5. The Balaban J connectivity index is 1.96. The maximum atomic E-state index is 12.3. The Morgan fingerprint density at radius 2 is 1.52 bits per heavy atom. The predicted molar refractivity (Wildman–Crippen MR) is 111 cm³/mol. The van der Waals surface area contributed by atoms with E-state index in [0.29, 0.717) is 5.69 Å². The maximum absolute atomic E-state index is 12.3. The number of carbonyl (C=O) groups excluding carboxylic acids is 2. The van der Waals surface area contributed by atoms with Crippen molar-refractivity contribution in [2.75, 3.05) is 17.3 Å². The molecule has 0 aliphatic heterocycles. The third kappa shape index (κ3) is 5.58. The Labute approximate surface area is 161 Å². The molecule has 2 aromatic carbocycles. The SMILES string of the molecule is CC(=O)N(C)c1ccc(NC(=O)NC(C)c2ccc(C(C)(C)C)cc2)cc1. The molecular weight excluding hydrogens is 338 g/mol. The normalized spacial score (nSPS) is 12.2. The number of benzene rings is 2. The Bertz CT molecular complexity index is 790. The highest BCUT2D eigenvalue weighted by atomic mass is 16.2. The summed E-state index contributed by atoms with van der Waals surface area (Å²) < 4.78 is 0. The van der Waals surface area contributed by atoms with Crippen molar-refractivity contribution in [2.45, 2.75) is 46.1 Å². The number of anilines is 2. The Hall–Kier alpha value is -2.82. The fourth-order valence-electron chi connectivity index (χ4n) is 2.67. The van der Waals surface area contributed by atoms with E-state index in [4.69, 9.17) is 0 Å². The molecule has 0 aromatic heterocycles. The lowest BCUT2D eigenvalue weighted by atomic mass is 9.86. The van der Waals surface area contributed by atoms with Crippen LogP contribution in [-0.2, 0) is 10.2 Å². The van der Waals surface area contributed by atoms with Crippen molar-refractivity contribution in [1.29, 1.82) is 0 Å². The highest BCUT2D eigenvalue weighted by Gasteiger charge is 2.15. The number of carbonyl (C=O) groups is 2. The highest BCUT2D eigenvalue weighted by molar-refractivity contribution is 5.92. The number of rotatable bonds is 4. The Morgan fingerprint density at radius 3 is 2.00 bits per heavy atom. The zero-order valence-electron chi connectivity index (χ0n) is 17.0. The van der Waals surface area contributed by atoms with E-state index in [1.165, 1.54) is 12.5 Å². The summed E-state index contributed by atoms with van der Waals surface area (Å²) in [5.74, 6) is -0.0419. The minimum absolute atomic E-state index is 0.0419. The minimum atomic E-state index is -0.268. The summed E-state index contributed by atoms with van der Waals surface area (Å²) >= 11 is 0. The van der Waals surface area contributed by atoms with Crippen molar-refractivity contribution in [3.05, 3.63) is 59.7 Å². The van der Waals surface area contributed by atoms with Gasteiger partial charge in [0.25, 0.3) is 0 Å². The molecule has 5 nitrogen and oxygen atoms in total. The summed E-state index contributed by atoms with van der Waals surface area (Å²) in [7, 11) is 1.71. The molecule has 0 bridgehead atoms. The van der Waals surface area contributed by atoms with Crippen LogP contribution in [-0.4, -0.2) is 19.0 Å². The van der Waals surface area contributed by atoms with Crippen LogP contribution < -0.4 is 15.5 Å². The smallest absolute Gasteiger partial charge is 0.319 e. The second kappa shape index (κ2) is 8.25. The van der Waals surface area contributed by atoms with Gasteiger partial charge in [0, 0.05) is 25.3 Å². The first-order chi connectivity index (χ1) is 12.6. The van der Waals surface area contributed by atoms with Gasteiger partial charge in [0.2, 0.25) is 5.91 Å². The van der Waals surface area contributed by atoms with Crippen LogP contribution in [0.15, 0.2) is 48.5 Å². The second-order valence-corrected chi connectivity index (χ2v) is 7.82. The summed E-state index contributed by atoms with van der Waals surface area (Å²) in [6.45, 7) is 10.00. The number of urea groups is 1. The molecule has 144 valence electrons. The zero-order valence-corrected chi connectivity index (χ0v) is 17.0. The Kier molecular flexibility index (Phi) is 6.26. The molecule has 0 radical (unpaired) electrons. The van der Waals surface area contributed by atoms with Crippen LogP contribution in [0.25, 0.3) is 0 Å². The van der Waals surface area contributed by atoms with Gasteiger partial charge >= 0.3 is 6.03 Å². The lowest BCUT2D eigenvalue weighted by Crippen LogP contribution is -2.31. The molecule has 2 aromatic rings. The summed E-state index contributed by atoms with van der Waals surface area (Å²) in [6.07, 6.45) is 0. The van der Waals surface area contributed by atoms with Gasteiger partial charge < -0.3 is 15.5 Å². The van der Waals surface area contributed by atoms with Gasteiger partial charge in [0.1, 0.15) is 0 Å². The molecule has 0 fully saturated rings. The first-order valence-electron chi connectivity index (χ1n) is 9.10. The van der Waals surface area contributed by atoms with Gasteiger partial charge in [-0.25, -0.2) is 4.79 Å². The van der Waals surface area contributed by atoms with Gasteiger partial charge in [-0.15, -0.1) is 0 Å². The van der Waals surface area contributed by atoms with Crippen LogP contribution in [0.2, 0.25) is 0 Å². The van der Waals surface area contributed by atoms with Crippen LogP contribution in [0.4, 0.5) is 16.2 Å². The summed E-state index contributed by atoms with van der Waals surface area (Å²) in [4.78, 5) is 25.2. The van der Waals surface area contributed by atoms with Crippen molar-refractivity contribution in [1.82, 2.24) is 5.32 Å². The van der Waals surface area contributed by atoms with Gasteiger partial charge in [-0.05, 0) is 47.7 Å². The van der Waals surface area contributed by atoms with Crippen LogP contribution >= 0.6 is 0 Å². The van der Waals surface area contributed by atoms with Crippen molar-refractivity contribution in [3.63, 3.8) is 0 Å². The fraction of sp³-hybridized carbons (Fsp3) is 0.364. The van der Waals surface area contributed by atoms with Crippen LogP contribution in [0, 0.1) is 0 Å². The van der Waals surface area contributed by atoms with Crippen LogP contribution in [0.5, 0.6) is 0 Å². The molecule has 2 N–H and O–H groups in total. The lowest BCUT2D eigenvalue weighted by molar-refractivity contribution is -0.116. The summed E-state index contributed by atoms with van der Waals surface area (Å²) in [6, 6.07) is 15.1. The van der Waals surface area contributed by atoms with Gasteiger partial charge in [-0.2, -0.15) is 0 Å². The number of hydrogen-bond acceptors (Lipinski definition) is 2. The zero-order chi connectivity index (χ0) is 20.2. The standard InChI is InChI=1S/C22H29N3O2/c1-15(17-7-9-18(10-8-17)22(3,4)5)23-21(27)24-19-11-13-20(14-12-19)25(6)16(2)26/h7-15H,1-6H3,(H2,23,24,27). The van der Waals surface area contributed by atoms with E-state index in [1.54, 1.807) is 36.2 Å². The second-order valence-electron chi connectivity index (χ2n) is 7.82. The minimum Gasteiger partial charge on any atom is -0.331 e. The van der Waals surface area contributed by atoms with Gasteiger partial charge in [0.05, 0.1) is 6.04 Å². The summed E-state index contributed by atoms with van der Waals surface area (Å²) in [5, 5.41) is 5.76. The molecule has 5 heteroatoms. The topological polar surface area (TPSA) is 61.4 Å². The number of nitrogens with zero attached hydrogens (tertiary/aromatic N) is 1. The van der Waals surface area contributed by atoms with Crippen LogP contribution in [0.1, 0.15) is 51.8 Å². The predicted octanol–water partition coefficient (Wildman–Crippen LogP) is 4.85. The quantitative estimate of drug-likeness (QED) is 0.811. The van der Waals surface area contributed by atoms with Crippen molar-refractivity contribution in [2.24, 2.45) is 0 Å². The Morgan fingerprint density at radius 1 is 0.963 bits per heavy atom. The molecule has 0 saturated carbocycles. The van der Waals surface area contributed by atoms with E-state index < -0.39 is 0 Å². The monoisotopic (exact) mass is 367 g/mol. The molecule has 0 saturated heterocycles. The largest absolute Gasteiger partial charge is 0.331 e. The van der Waals surface area contributed by atoms with Gasteiger partial charge in [-0.3, -0.25) is 4.79 Å². The van der Waals surface area contributed by atoms with E-state index in [2.05, 4.69) is 55.7 Å². The van der Waals surface area contributed by atoms with Crippen molar-refractivity contribution >= 4 is 23.3 Å². The third-order valence-electron chi connectivity index (χ3n) is 4.61. The third-order valence-corrected chi connectivity index (χ3v) is 4.61. The first-order valence-corrected chi connectivity index (χ1v) is 9.10. The maximum Gasteiger partial charge on any atom is 0.319 e. The molecule has 0 spiro atoms. The number of amides is 3. The molecule has 1 atom stereocenters. The number of hydrogen-bond donors (Lipinski definition) is 2. The van der Waals surface area contributed by atoms with E-state index in [-0.39, 0.29) is 23.4 Å². The highest BCUT2D eigenvalue weighted by Crippen LogP contribution is 2.24. The molecule has 3 amide bonds. The van der Waals surface area contributed by atoms with Gasteiger partial charge in [0.15, 0.2) is 0 Å². The molecule has 0 heterocycles. The lowest BCUT2D eigenvalue weighted by Gasteiger charge is -2.21. The van der Waals surface area contributed by atoms with Crippen molar-refractivity contribution in [3.8, 4) is 0 Å². The fourth-order valence-corrected chi connectivity index (χ4v) is 2.67. The molecular formula is C22H29N3O2. The average Bonchev–Trinajstić information content (AvgIpc) is 2.61. The molecule has 1 unspecified atom stereocenters. The molecule has 27 heavy (non-hydrogen) atoms. The summed E-state index contributed by atoms with van der Waals surface area (Å²) in [5.41, 5.74) is 3.87. The molecule has 0 aliphatic carbocycles. The van der Waals surface area contributed by atoms with E-state index in [0.717, 1.165) is 11.3 Å². The average molecular weight is 367 g/mol. The van der Waals surface area contributed by atoms with E-state index in [9.17, 15) is 9.59 Å². The van der Waals surface area contributed by atoms with Gasteiger partial charge in [-0.1, -0.05) is 45.0 Å². The van der Waals surface area contributed by atoms with E-state index >= 15 is 0 Å². The van der Waals surface area contributed by atoms with E-state index in [1.807, 2.05) is 6.92 Å². The van der Waals surface area contributed by atoms with Crippen LogP contribution in [0.3, 0.4) is 0 Å². The molecule has 0 aliphatic rings. The van der Waals surface area contributed by atoms with Crippen molar-refractivity contribution < 1.29 is 9.59 Å². The molecule has 2 rings (SSSR count).